The van der Waals surface area contributed by atoms with Crippen LogP contribution >= 0.6 is 0 Å². The zero-order valence-electron chi connectivity index (χ0n) is 10.5. The van der Waals surface area contributed by atoms with Crippen LogP contribution in [-0.4, -0.2) is 17.6 Å². The van der Waals surface area contributed by atoms with Crippen molar-refractivity contribution < 1.29 is 0 Å². The first-order valence-corrected chi connectivity index (χ1v) is 6.88. The Balaban J connectivity index is 2.01. The van der Waals surface area contributed by atoms with Crippen LogP contribution in [0.2, 0.25) is 0 Å². The lowest BCUT2D eigenvalue weighted by atomic mass is 9.75. The Morgan fingerprint density at radius 3 is 3.17 bits per heavy atom. The number of aromatic amines is 1. The van der Waals surface area contributed by atoms with E-state index in [1.807, 2.05) is 6.08 Å². The summed E-state index contributed by atoms with van der Waals surface area (Å²) in [6.45, 7) is 5.11. The Morgan fingerprint density at radius 1 is 1.33 bits per heavy atom. The zero-order valence-corrected chi connectivity index (χ0v) is 10.5. The molecule has 2 heteroatoms. The second-order valence-electron chi connectivity index (χ2n) is 5.50. The summed E-state index contributed by atoms with van der Waals surface area (Å²) in [5, 5.41) is 5.17. The maximum absolute atomic E-state index is 3.94. The van der Waals surface area contributed by atoms with Crippen molar-refractivity contribution in [2.45, 2.75) is 31.2 Å². The van der Waals surface area contributed by atoms with E-state index in [0.29, 0.717) is 12.0 Å². The smallest absolute Gasteiger partial charge is 0.0464 e. The molecule has 2 N–H and O–H groups in total. The molecule has 1 aromatic heterocycles. The van der Waals surface area contributed by atoms with Crippen molar-refractivity contribution >= 4 is 17.0 Å². The van der Waals surface area contributed by atoms with Crippen LogP contribution in [0.25, 0.3) is 17.0 Å². The quantitative estimate of drug-likeness (QED) is 0.784. The van der Waals surface area contributed by atoms with Crippen LogP contribution in [0.4, 0.5) is 0 Å². The van der Waals surface area contributed by atoms with E-state index in [0.717, 1.165) is 6.42 Å². The molecule has 1 aliphatic carbocycles. The van der Waals surface area contributed by atoms with E-state index in [2.05, 4.69) is 35.1 Å². The van der Waals surface area contributed by atoms with E-state index in [9.17, 15) is 0 Å². The molecule has 0 saturated carbocycles. The summed E-state index contributed by atoms with van der Waals surface area (Å²) < 4.78 is 0. The highest BCUT2D eigenvalue weighted by Crippen LogP contribution is 2.41. The fraction of sp³-hybridized carbons (Fsp3) is 0.375. The molecular weight excluding hydrogens is 220 g/mol. The highest BCUT2D eigenvalue weighted by molar-refractivity contribution is 5.91. The van der Waals surface area contributed by atoms with E-state index in [1.54, 1.807) is 0 Å². The lowest BCUT2D eigenvalue weighted by Crippen LogP contribution is -2.43. The van der Waals surface area contributed by atoms with Crippen LogP contribution in [-0.2, 0) is 6.42 Å². The van der Waals surface area contributed by atoms with Gasteiger partial charge in [-0.05, 0) is 49.1 Å². The maximum atomic E-state index is 3.94. The Hall–Kier alpha value is -1.54. The van der Waals surface area contributed by atoms with E-state index in [1.165, 1.54) is 47.1 Å². The summed E-state index contributed by atoms with van der Waals surface area (Å²) in [5.74, 6) is 0.698. The van der Waals surface area contributed by atoms with Gasteiger partial charge in [-0.2, -0.15) is 0 Å². The predicted molar refractivity (Wildman–Crippen MR) is 75.9 cm³/mol. The van der Waals surface area contributed by atoms with Gasteiger partial charge in [0, 0.05) is 28.6 Å². The highest BCUT2D eigenvalue weighted by atomic mass is 14.9. The van der Waals surface area contributed by atoms with E-state index < -0.39 is 0 Å². The van der Waals surface area contributed by atoms with Crippen LogP contribution in [0, 0.1) is 0 Å². The molecule has 1 saturated heterocycles. The van der Waals surface area contributed by atoms with Gasteiger partial charge in [0.15, 0.2) is 0 Å². The van der Waals surface area contributed by atoms with Crippen molar-refractivity contribution in [1.82, 2.24) is 10.3 Å². The topological polar surface area (TPSA) is 27.8 Å². The van der Waals surface area contributed by atoms with Crippen LogP contribution in [0.3, 0.4) is 0 Å². The van der Waals surface area contributed by atoms with Gasteiger partial charge in [0.2, 0.25) is 0 Å². The number of piperidine rings is 1. The number of benzene rings is 1. The van der Waals surface area contributed by atoms with Crippen molar-refractivity contribution in [2.24, 2.45) is 0 Å². The lowest BCUT2D eigenvalue weighted by molar-refractivity contribution is 0.345. The Labute approximate surface area is 107 Å². The van der Waals surface area contributed by atoms with Gasteiger partial charge in [-0.3, -0.25) is 0 Å². The van der Waals surface area contributed by atoms with Crippen LogP contribution in [0.1, 0.15) is 35.6 Å². The fourth-order valence-corrected chi connectivity index (χ4v) is 3.82. The predicted octanol–water partition coefficient (Wildman–Crippen LogP) is 3.20. The Morgan fingerprint density at radius 2 is 2.28 bits per heavy atom. The number of nitrogens with one attached hydrogen (secondary N) is 2. The van der Waals surface area contributed by atoms with Gasteiger partial charge >= 0.3 is 0 Å². The van der Waals surface area contributed by atoms with Gasteiger partial charge < -0.3 is 10.3 Å². The third kappa shape index (κ3) is 1.27. The van der Waals surface area contributed by atoms with Crippen molar-refractivity contribution in [1.29, 1.82) is 0 Å². The largest absolute Gasteiger partial charge is 0.355 e. The number of hydrogen-bond donors (Lipinski definition) is 2. The molecule has 2 heterocycles. The molecule has 2 atom stereocenters. The van der Waals surface area contributed by atoms with Crippen molar-refractivity contribution in [2.75, 3.05) is 6.54 Å². The monoisotopic (exact) mass is 238 g/mol. The van der Waals surface area contributed by atoms with Crippen LogP contribution in [0.15, 0.2) is 24.8 Å². The minimum absolute atomic E-state index is 0.617. The van der Waals surface area contributed by atoms with Gasteiger partial charge in [-0.15, -0.1) is 0 Å². The highest BCUT2D eigenvalue weighted by Gasteiger charge is 2.33. The maximum Gasteiger partial charge on any atom is 0.0464 e. The number of aromatic nitrogens is 1. The average Bonchev–Trinajstić information content (AvgIpc) is 2.79. The molecule has 1 aromatic carbocycles. The molecule has 18 heavy (non-hydrogen) atoms. The number of H-pyrrole nitrogens is 1. The molecule has 0 bridgehead atoms. The molecule has 1 fully saturated rings. The minimum Gasteiger partial charge on any atom is -0.355 e. The van der Waals surface area contributed by atoms with Gasteiger partial charge in [0.1, 0.15) is 0 Å². The van der Waals surface area contributed by atoms with Gasteiger partial charge in [-0.1, -0.05) is 18.7 Å². The fourth-order valence-electron chi connectivity index (χ4n) is 3.82. The summed E-state index contributed by atoms with van der Waals surface area (Å²) >= 11 is 0. The third-order valence-electron chi connectivity index (χ3n) is 4.60. The first-order valence-electron chi connectivity index (χ1n) is 6.88. The molecular formula is C16H18N2. The Kier molecular flexibility index (Phi) is 2.15. The second kappa shape index (κ2) is 3.72. The standard InChI is InChI=1S/C16H18N2/c1-2-13-12-9-15-10(6-4-8-17-15)11-5-3-7-14(18-13)16(11)12/h2-3,5,7,10,15,17-18H,1,4,6,8-9H2/t10-,15-/m1/s1. The molecule has 92 valence electrons. The van der Waals surface area contributed by atoms with E-state index in [4.69, 9.17) is 0 Å². The number of fused-ring (bicyclic) bond motifs is 2. The molecule has 1 aliphatic heterocycles. The van der Waals surface area contributed by atoms with E-state index in [-0.39, 0.29) is 0 Å². The van der Waals surface area contributed by atoms with Crippen LogP contribution < -0.4 is 5.32 Å². The third-order valence-corrected chi connectivity index (χ3v) is 4.60. The first-order chi connectivity index (χ1) is 8.88. The zero-order chi connectivity index (χ0) is 12.1. The summed E-state index contributed by atoms with van der Waals surface area (Å²) in [6.07, 6.45) is 5.72. The Bertz CT molecular complexity index is 623. The molecule has 0 spiro atoms. The minimum atomic E-state index is 0.617. The summed E-state index contributed by atoms with van der Waals surface area (Å²) in [5.41, 5.74) is 5.49. The molecule has 2 aliphatic rings. The second-order valence-corrected chi connectivity index (χ2v) is 5.50. The van der Waals surface area contributed by atoms with Crippen molar-refractivity contribution in [3.05, 3.63) is 41.6 Å². The molecule has 0 amide bonds. The summed E-state index contributed by atoms with van der Waals surface area (Å²) in [7, 11) is 0. The first kappa shape index (κ1) is 10.4. The SMILES string of the molecule is C=Cc1[nH]c2cccc3c2c1C[C@H]1NCCC[C@H]31. The normalized spacial score (nSPS) is 26.0. The summed E-state index contributed by atoms with van der Waals surface area (Å²) in [6, 6.07) is 7.30. The molecule has 0 radical (unpaired) electrons. The van der Waals surface area contributed by atoms with Crippen LogP contribution in [0.5, 0.6) is 0 Å². The van der Waals surface area contributed by atoms with Crippen molar-refractivity contribution in [3.63, 3.8) is 0 Å². The molecule has 2 aromatic rings. The van der Waals surface area contributed by atoms with Gasteiger partial charge in [-0.25, -0.2) is 0 Å². The average molecular weight is 238 g/mol. The molecule has 4 rings (SSSR count). The number of rotatable bonds is 1. The lowest BCUT2D eigenvalue weighted by Gasteiger charge is -2.36. The summed E-state index contributed by atoms with van der Waals surface area (Å²) in [4.78, 5) is 3.51. The van der Waals surface area contributed by atoms with Gasteiger partial charge in [0.05, 0.1) is 0 Å². The molecule has 2 nitrogen and oxygen atoms in total. The number of hydrogen-bond acceptors (Lipinski definition) is 1. The molecule has 0 unspecified atom stereocenters. The van der Waals surface area contributed by atoms with E-state index >= 15 is 0 Å². The van der Waals surface area contributed by atoms with Crippen molar-refractivity contribution in [3.8, 4) is 0 Å². The van der Waals surface area contributed by atoms with Gasteiger partial charge in [0.25, 0.3) is 0 Å².